The van der Waals surface area contributed by atoms with Crippen molar-refractivity contribution in [3.05, 3.63) is 0 Å². The molecule has 2 amide bonds. The number of carboxylic acids is 1. The molecule has 104 valence electrons. The van der Waals surface area contributed by atoms with E-state index in [-0.39, 0.29) is 12.6 Å². The van der Waals surface area contributed by atoms with E-state index in [1.807, 2.05) is 0 Å². The number of hydrogen-bond donors (Lipinski definition) is 3. The van der Waals surface area contributed by atoms with E-state index < -0.39 is 11.9 Å². The van der Waals surface area contributed by atoms with Gasteiger partial charge in [0.05, 0.1) is 5.92 Å². The third-order valence-electron chi connectivity index (χ3n) is 3.41. The van der Waals surface area contributed by atoms with Gasteiger partial charge in [0.25, 0.3) is 0 Å². The van der Waals surface area contributed by atoms with Crippen LogP contribution in [0.1, 0.15) is 26.2 Å². The van der Waals surface area contributed by atoms with E-state index >= 15 is 0 Å². The molecule has 0 aromatic rings. The minimum absolute atomic E-state index is 0.154. The molecule has 1 heterocycles. The van der Waals surface area contributed by atoms with Gasteiger partial charge < -0.3 is 20.6 Å². The average Bonchev–Trinajstić information content (AvgIpc) is 2.34. The molecule has 0 bridgehead atoms. The van der Waals surface area contributed by atoms with Crippen LogP contribution >= 0.6 is 0 Å². The molecule has 1 saturated heterocycles. The summed E-state index contributed by atoms with van der Waals surface area (Å²) in [7, 11) is 2.07. The zero-order valence-electron chi connectivity index (χ0n) is 11.1. The molecule has 1 aliphatic rings. The van der Waals surface area contributed by atoms with E-state index in [1.54, 1.807) is 6.92 Å². The second-order valence-corrected chi connectivity index (χ2v) is 4.96. The lowest BCUT2D eigenvalue weighted by molar-refractivity contribution is -0.140. The maximum Gasteiger partial charge on any atom is 0.314 e. The van der Waals surface area contributed by atoms with Crippen LogP contribution in [0.5, 0.6) is 0 Å². The zero-order valence-corrected chi connectivity index (χ0v) is 11.1. The van der Waals surface area contributed by atoms with Crippen molar-refractivity contribution in [3.63, 3.8) is 0 Å². The second-order valence-electron chi connectivity index (χ2n) is 4.96. The Hall–Kier alpha value is -1.30. The first-order valence-electron chi connectivity index (χ1n) is 6.45. The van der Waals surface area contributed by atoms with Crippen molar-refractivity contribution in [2.75, 3.05) is 26.7 Å². The molecule has 1 aliphatic heterocycles. The van der Waals surface area contributed by atoms with E-state index in [9.17, 15) is 9.59 Å². The van der Waals surface area contributed by atoms with Crippen LogP contribution in [0.2, 0.25) is 0 Å². The van der Waals surface area contributed by atoms with Gasteiger partial charge in [0.1, 0.15) is 0 Å². The van der Waals surface area contributed by atoms with Gasteiger partial charge in [0, 0.05) is 19.1 Å². The quantitative estimate of drug-likeness (QED) is 0.669. The number of hydrogen-bond acceptors (Lipinski definition) is 3. The number of nitrogens with one attached hydrogen (secondary N) is 2. The lowest BCUT2D eigenvalue weighted by Gasteiger charge is -2.32. The van der Waals surface area contributed by atoms with Crippen LogP contribution in [0, 0.1) is 5.92 Å². The molecular formula is C12H23N3O3. The van der Waals surface area contributed by atoms with Crippen molar-refractivity contribution in [2.24, 2.45) is 5.92 Å². The normalized spacial score (nSPS) is 22.2. The number of urea groups is 1. The largest absolute Gasteiger partial charge is 0.481 e. The molecule has 0 radical (unpaired) electrons. The minimum atomic E-state index is -0.901. The van der Waals surface area contributed by atoms with Crippen LogP contribution in [0.15, 0.2) is 0 Å². The third kappa shape index (κ3) is 4.91. The fraction of sp³-hybridized carbons (Fsp3) is 0.833. The molecule has 6 heteroatoms. The Morgan fingerprint density at radius 1 is 1.39 bits per heavy atom. The highest BCUT2D eigenvalue weighted by molar-refractivity contribution is 5.75. The Bertz CT molecular complexity index is 296. The molecule has 1 fully saturated rings. The molecule has 3 N–H and O–H groups in total. The van der Waals surface area contributed by atoms with Gasteiger partial charge in [-0.2, -0.15) is 0 Å². The standard InChI is InChI=1S/C12H23N3O3/c1-9(11(16)17)7-13-12(18)14-8-10-5-3-4-6-15(10)2/h9-10H,3-8H2,1-2H3,(H,16,17)(H2,13,14,18). The van der Waals surface area contributed by atoms with Gasteiger partial charge in [-0.05, 0) is 26.4 Å². The third-order valence-corrected chi connectivity index (χ3v) is 3.41. The van der Waals surface area contributed by atoms with Gasteiger partial charge >= 0.3 is 12.0 Å². The van der Waals surface area contributed by atoms with Crippen LogP contribution in [0.3, 0.4) is 0 Å². The van der Waals surface area contributed by atoms with E-state index in [2.05, 4.69) is 22.6 Å². The van der Waals surface area contributed by atoms with E-state index in [4.69, 9.17) is 5.11 Å². The summed E-state index contributed by atoms with van der Waals surface area (Å²) >= 11 is 0. The summed E-state index contributed by atoms with van der Waals surface area (Å²) in [6.45, 7) is 3.41. The van der Waals surface area contributed by atoms with E-state index in [0.717, 1.165) is 13.0 Å². The van der Waals surface area contributed by atoms with E-state index in [1.165, 1.54) is 12.8 Å². The Labute approximate surface area is 108 Å². The van der Waals surface area contributed by atoms with Crippen LogP contribution in [-0.4, -0.2) is 54.7 Å². The lowest BCUT2D eigenvalue weighted by atomic mass is 10.0. The van der Waals surface area contributed by atoms with Gasteiger partial charge in [0.15, 0.2) is 0 Å². The van der Waals surface area contributed by atoms with Crippen LogP contribution in [-0.2, 0) is 4.79 Å². The number of likely N-dealkylation sites (N-methyl/N-ethyl adjacent to an activating group) is 1. The van der Waals surface area contributed by atoms with Crippen LogP contribution < -0.4 is 10.6 Å². The number of piperidine rings is 1. The minimum Gasteiger partial charge on any atom is -0.481 e. The summed E-state index contributed by atoms with van der Waals surface area (Å²) in [4.78, 5) is 24.3. The summed E-state index contributed by atoms with van der Waals surface area (Å²) < 4.78 is 0. The number of amides is 2. The summed E-state index contributed by atoms with van der Waals surface area (Å²) in [6.07, 6.45) is 3.52. The molecule has 6 nitrogen and oxygen atoms in total. The number of carbonyl (C=O) groups is 2. The number of carbonyl (C=O) groups excluding carboxylic acids is 1. The molecule has 18 heavy (non-hydrogen) atoms. The van der Waals surface area contributed by atoms with Crippen LogP contribution in [0.4, 0.5) is 4.79 Å². The monoisotopic (exact) mass is 257 g/mol. The molecule has 0 aromatic heterocycles. The smallest absolute Gasteiger partial charge is 0.314 e. The van der Waals surface area contributed by atoms with Gasteiger partial charge in [0.2, 0.25) is 0 Å². The fourth-order valence-electron chi connectivity index (χ4n) is 2.01. The Morgan fingerprint density at radius 2 is 2.11 bits per heavy atom. The first-order valence-corrected chi connectivity index (χ1v) is 6.45. The first kappa shape index (κ1) is 14.8. The molecule has 0 spiro atoms. The Kier molecular flexibility index (Phi) is 5.91. The van der Waals surface area contributed by atoms with Gasteiger partial charge in [-0.1, -0.05) is 13.3 Å². The number of rotatable bonds is 5. The van der Waals surface area contributed by atoms with Crippen molar-refractivity contribution in [3.8, 4) is 0 Å². The highest BCUT2D eigenvalue weighted by Gasteiger charge is 2.19. The Balaban J connectivity index is 2.18. The topological polar surface area (TPSA) is 81.7 Å². The molecule has 1 rings (SSSR count). The molecule has 0 aromatic carbocycles. The zero-order chi connectivity index (χ0) is 13.5. The summed E-state index contributed by atoms with van der Waals surface area (Å²) in [6, 6.07) is 0.100. The maximum atomic E-state index is 11.5. The number of carboxylic acid groups (broad SMARTS) is 1. The predicted molar refractivity (Wildman–Crippen MR) is 68.5 cm³/mol. The van der Waals surface area contributed by atoms with Crippen molar-refractivity contribution >= 4 is 12.0 Å². The number of likely N-dealkylation sites (tertiary alicyclic amines) is 1. The molecular weight excluding hydrogens is 234 g/mol. The molecule has 0 aliphatic carbocycles. The summed E-state index contributed by atoms with van der Waals surface area (Å²) in [5.74, 6) is -1.46. The van der Waals surface area contributed by atoms with Crippen molar-refractivity contribution < 1.29 is 14.7 Å². The predicted octanol–water partition coefficient (Wildman–Crippen LogP) is 0.491. The average molecular weight is 257 g/mol. The highest BCUT2D eigenvalue weighted by atomic mass is 16.4. The van der Waals surface area contributed by atoms with E-state index in [0.29, 0.717) is 12.6 Å². The molecule has 2 atom stereocenters. The molecule has 0 saturated carbocycles. The van der Waals surface area contributed by atoms with Crippen molar-refractivity contribution in [2.45, 2.75) is 32.2 Å². The second kappa shape index (κ2) is 7.20. The van der Waals surface area contributed by atoms with Gasteiger partial charge in [-0.3, -0.25) is 4.79 Å². The van der Waals surface area contributed by atoms with Crippen LogP contribution in [0.25, 0.3) is 0 Å². The lowest BCUT2D eigenvalue weighted by Crippen LogP contribution is -2.47. The maximum absolute atomic E-state index is 11.5. The first-order chi connectivity index (χ1) is 8.50. The van der Waals surface area contributed by atoms with Crippen molar-refractivity contribution in [1.82, 2.24) is 15.5 Å². The van der Waals surface area contributed by atoms with Gasteiger partial charge in [-0.15, -0.1) is 0 Å². The van der Waals surface area contributed by atoms with Gasteiger partial charge in [-0.25, -0.2) is 4.79 Å². The molecule has 2 unspecified atom stereocenters. The number of nitrogens with zero attached hydrogens (tertiary/aromatic N) is 1. The number of aliphatic carboxylic acids is 1. The Morgan fingerprint density at radius 3 is 2.72 bits per heavy atom. The fourth-order valence-corrected chi connectivity index (χ4v) is 2.01. The summed E-state index contributed by atoms with van der Waals surface area (Å²) in [5.41, 5.74) is 0. The van der Waals surface area contributed by atoms with Crippen molar-refractivity contribution in [1.29, 1.82) is 0 Å². The summed E-state index contributed by atoms with van der Waals surface area (Å²) in [5, 5.41) is 14.0. The highest BCUT2D eigenvalue weighted by Crippen LogP contribution is 2.13. The SMILES string of the molecule is CC(CNC(=O)NCC1CCCCN1C)C(=O)O.